The van der Waals surface area contributed by atoms with E-state index in [2.05, 4.69) is 0 Å². The highest BCUT2D eigenvalue weighted by Gasteiger charge is 2.13. The molecule has 0 aliphatic carbocycles. The maximum atomic E-state index is 12.0. The SMILES string of the molecule is CC(C)=CC(=O)N(CCO)c1ccc(C(=O)O)cc1. The number of carboxylic acids is 1. The second kappa shape index (κ2) is 6.70. The van der Waals surface area contributed by atoms with Crippen LogP contribution >= 0.6 is 0 Å². The minimum absolute atomic E-state index is 0.155. The van der Waals surface area contributed by atoms with Gasteiger partial charge in [0.15, 0.2) is 0 Å². The highest BCUT2D eigenvalue weighted by molar-refractivity contribution is 6.02. The Labute approximate surface area is 111 Å². The molecule has 5 heteroatoms. The smallest absolute Gasteiger partial charge is 0.335 e. The summed E-state index contributed by atoms with van der Waals surface area (Å²) in [6.07, 6.45) is 1.47. The molecule has 0 radical (unpaired) electrons. The summed E-state index contributed by atoms with van der Waals surface area (Å²) in [7, 11) is 0. The highest BCUT2D eigenvalue weighted by atomic mass is 16.4. The van der Waals surface area contributed by atoms with Crippen molar-refractivity contribution in [2.45, 2.75) is 13.8 Å². The monoisotopic (exact) mass is 263 g/mol. The lowest BCUT2D eigenvalue weighted by molar-refractivity contribution is -0.114. The quantitative estimate of drug-likeness (QED) is 0.792. The van der Waals surface area contributed by atoms with Gasteiger partial charge in [0.1, 0.15) is 0 Å². The fourth-order valence-corrected chi connectivity index (χ4v) is 1.58. The molecule has 0 saturated carbocycles. The van der Waals surface area contributed by atoms with Gasteiger partial charge in [-0.2, -0.15) is 0 Å². The number of aliphatic hydroxyl groups is 1. The van der Waals surface area contributed by atoms with Crippen LogP contribution in [0.25, 0.3) is 0 Å². The van der Waals surface area contributed by atoms with Crippen LogP contribution in [0.2, 0.25) is 0 Å². The average molecular weight is 263 g/mol. The molecule has 0 atom stereocenters. The molecule has 0 saturated heterocycles. The summed E-state index contributed by atoms with van der Waals surface area (Å²) in [6, 6.07) is 5.96. The van der Waals surface area contributed by atoms with Crippen molar-refractivity contribution >= 4 is 17.6 Å². The molecule has 1 amide bonds. The maximum Gasteiger partial charge on any atom is 0.335 e. The molecule has 1 aromatic rings. The molecule has 1 aromatic carbocycles. The lowest BCUT2D eigenvalue weighted by atomic mass is 10.2. The minimum atomic E-state index is -1.02. The third kappa shape index (κ3) is 4.22. The van der Waals surface area contributed by atoms with E-state index in [1.54, 1.807) is 12.1 Å². The van der Waals surface area contributed by atoms with E-state index in [4.69, 9.17) is 10.2 Å². The zero-order chi connectivity index (χ0) is 14.4. The second-order valence-electron chi connectivity index (χ2n) is 4.29. The molecule has 0 aliphatic heterocycles. The van der Waals surface area contributed by atoms with Crippen molar-refractivity contribution in [1.29, 1.82) is 0 Å². The molecule has 2 N–H and O–H groups in total. The van der Waals surface area contributed by atoms with Gasteiger partial charge in [0, 0.05) is 18.3 Å². The molecule has 0 aliphatic rings. The molecule has 0 fully saturated rings. The van der Waals surface area contributed by atoms with Gasteiger partial charge in [0.2, 0.25) is 0 Å². The summed E-state index contributed by atoms with van der Waals surface area (Å²) < 4.78 is 0. The van der Waals surface area contributed by atoms with Crippen molar-refractivity contribution in [3.05, 3.63) is 41.5 Å². The van der Waals surface area contributed by atoms with Crippen molar-refractivity contribution in [3.8, 4) is 0 Å². The number of amides is 1. The van der Waals surface area contributed by atoms with Gasteiger partial charge >= 0.3 is 5.97 Å². The van der Waals surface area contributed by atoms with Gasteiger partial charge in [-0.05, 0) is 38.1 Å². The van der Waals surface area contributed by atoms with E-state index < -0.39 is 5.97 Å². The standard InChI is InChI=1S/C14H17NO4/c1-10(2)9-13(17)15(7-8-16)12-5-3-11(4-6-12)14(18)19/h3-6,9,16H,7-8H2,1-2H3,(H,18,19). The van der Waals surface area contributed by atoms with Crippen molar-refractivity contribution in [2.24, 2.45) is 0 Å². The Morgan fingerprint density at radius 1 is 1.21 bits per heavy atom. The van der Waals surface area contributed by atoms with E-state index in [1.165, 1.54) is 23.1 Å². The number of aliphatic hydroxyl groups excluding tert-OH is 1. The molecular weight excluding hydrogens is 246 g/mol. The molecule has 0 bridgehead atoms. The first-order valence-corrected chi connectivity index (χ1v) is 5.86. The normalized spacial score (nSPS) is 9.84. The van der Waals surface area contributed by atoms with E-state index in [0.29, 0.717) is 5.69 Å². The van der Waals surface area contributed by atoms with Crippen LogP contribution in [0.4, 0.5) is 5.69 Å². The molecule has 0 aromatic heterocycles. The Bertz CT molecular complexity index is 487. The Balaban J connectivity index is 3.02. The van der Waals surface area contributed by atoms with E-state index in [0.717, 1.165) is 5.57 Å². The molecule has 19 heavy (non-hydrogen) atoms. The van der Waals surface area contributed by atoms with Crippen LogP contribution in [0.15, 0.2) is 35.9 Å². The average Bonchev–Trinajstić information content (AvgIpc) is 2.35. The first kappa shape index (κ1) is 14.9. The van der Waals surface area contributed by atoms with Crippen LogP contribution in [0, 0.1) is 0 Å². The zero-order valence-corrected chi connectivity index (χ0v) is 11.0. The van der Waals surface area contributed by atoms with E-state index in [1.807, 2.05) is 13.8 Å². The number of benzene rings is 1. The van der Waals surface area contributed by atoms with Gasteiger partial charge in [-0.3, -0.25) is 4.79 Å². The minimum Gasteiger partial charge on any atom is -0.478 e. The molecule has 1 rings (SSSR count). The third-order valence-electron chi connectivity index (χ3n) is 2.43. The molecule has 0 spiro atoms. The summed E-state index contributed by atoms with van der Waals surface area (Å²) >= 11 is 0. The summed E-state index contributed by atoms with van der Waals surface area (Å²) in [4.78, 5) is 24.1. The molecule has 0 unspecified atom stereocenters. The van der Waals surface area contributed by atoms with Gasteiger partial charge in [-0.25, -0.2) is 4.79 Å². The number of rotatable bonds is 5. The number of carbonyl (C=O) groups excluding carboxylic acids is 1. The number of allylic oxidation sites excluding steroid dienone is 1. The number of aromatic carboxylic acids is 1. The predicted molar refractivity (Wildman–Crippen MR) is 72.3 cm³/mol. The van der Waals surface area contributed by atoms with Crippen molar-refractivity contribution < 1.29 is 19.8 Å². The largest absolute Gasteiger partial charge is 0.478 e. The van der Waals surface area contributed by atoms with Crippen molar-refractivity contribution in [3.63, 3.8) is 0 Å². The van der Waals surface area contributed by atoms with Gasteiger partial charge < -0.3 is 15.1 Å². The number of hydrogen-bond donors (Lipinski definition) is 2. The number of nitrogens with zero attached hydrogens (tertiary/aromatic N) is 1. The van der Waals surface area contributed by atoms with Gasteiger partial charge in [0.25, 0.3) is 5.91 Å². The van der Waals surface area contributed by atoms with Crippen LogP contribution in [0.5, 0.6) is 0 Å². The van der Waals surface area contributed by atoms with E-state index in [9.17, 15) is 9.59 Å². The Kier molecular flexibility index (Phi) is 5.26. The summed E-state index contributed by atoms with van der Waals surface area (Å²) in [5, 5.41) is 17.8. The highest BCUT2D eigenvalue weighted by Crippen LogP contribution is 2.16. The summed E-state index contributed by atoms with van der Waals surface area (Å²) in [5.41, 5.74) is 1.57. The topological polar surface area (TPSA) is 77.8 Å². The predicted octanol–water partition coefficient (Wildman–Crippen LogP) is 1.68. The summed E-state index contributed by atoms with van der Waals surface area (Å²) in [6.45, 7) is 3.61. The van der Waals surface area contributed by atoms with Gasteiger partial charge in [-0.1, -0.05) is 5.57 Å². The van der Waals surface area contributed by atoms with Crippen LogP contribution in [0.3, 0.4) is 0 Å². The zero-order valence-electron chi connectivity index (χ0n) is 11.0. The van der Waals surface area contributed by atoms with Crippen LogP contribution in [-0.4, -0.2) is 35.2 Å². The summed E-state index contributed by atoms with van der Waals surface area (Å²) in [5.74, 6) is -1.26. The molecule has 102 valence electrons. The lowest BCUT2D eigenvalue weighted by Crippen LogP contribution is -2.32. The van der Waals surface area contributed by atoms with Crippen LogP contribution in [0.1, 0.15) is 24.2 Å². The van der Waals surface area contributed by atoms with Gasteiger partial charge in [0.05, 0.1) is 12.2 Å². The van der Waals surface area contributed by atoms with Crippen molar-refractivity contribution in [1.82, 2.24) is 0 Å². The van der Waals surface area contributed by atoms with Crippen molar-refractivity contribution in [2.75, 3.05) is 18.1 Å². The fraction of sp³-hybridized carbons (Fsp3) is 0.286. The number of anilines is 1. The lowest BCUT2D eigenvalue weighted by Gasteiger charge is -2.20. The van der Waals surface area contributed by atoms with Crippen LogP contribution < -0.4 is 4.90 Å². The first-order chi connectivity index (χ1) is 8.95. The number of hydrogen-bond acceptors (Lipinski definition) is 3. The Morgan fingerprint density at radius 3 is 2.21 bits per heavy atom. The Morgan fingerprint density at radius 2 is 1.79 bits per heavy atom. The number of carboxylic acid groups (broad SMARTS) is 1. The molecule has 0 heterocycles. The maximum absolute atomic E-state index is 12.0. The first-order valence-electron chi connectivity index (χ1n) is 5.86. The number of carbonyl (C=O) groups is 2. The molecular formula is C14H17NO4. The second-order valence-corrected chi connectivity index (χ2v) is 4.29. The van der Waals surface area contributed by atoms with E-state index in [-0.39, 0.29) is 24.6 Å². The molecule has 5 nitrogen and oxygen atoms in total. The third-order valence-corrected chi connectivity index (χ3v) is 2.43. The fourth-order valence-electron chi connectivity index (χ4n) is 1.58. The Hall–Kier alpha value is -2.14. The van der Waals surface area contributed by atoms with Crippen LogP contribution in [-0.2, 0) is 4.79 Å². The van der Waals surface area contributed by atoms with Gasteiger partial charge in [-0.15, -0.1) is 0 Å². The van der Waals surface area contributed by atoms with E-state index >= 15 is 0 Å².